The van der Waals surface area contributed by atoms with E-state index < -0.39 is 5.82 Å². The molecule has 1 aromatic carbocycles. The van der Waals surface area contributed by atoms with E-state index in [-0.39, 0.29) is 10.4 Å². The third-order valence-corrected chi connectivity index (χ3v) is 3.64. The predicted molar refractivity (Wildman–Crippen MR) is 77.9 cm³/mol. The lowest BCUT2D eigenvalue weighted by Crippen LogP contribution is -2.08. The summed E-state index contributed by atoms with van der Waals surface area (Å²) in [5, 5.41) is 8.94. The van der Waals surface area contributed by atoms with Crippen LogP contribution in [0.5, 0.6) is 5.75 Å². The molecule has 0 spiro atoms. The minimum Gasteiger partial charge on any atom is -0.492 e. The van der Waals surface area contributed by atoms with Gasteiger partial charge >= 0.3 is 0 Å². The Bertz CT molecular complexity index is 485. The van der Waals surface area contributed by atoms with Gasteiger partial charge in [0, 0.05) is 6.07 Å². The normalized spacial score (nSPS) is 11.2. The highest BCUT2D eigenvalue weighted by atomic mass is 79.9. The van der Waals surface area contributed by atoms with Gasteiger partial charge in [0.1, 0.15) is 11.6 Å². The van der Waals surface area contributed by atoms with Crippen LogP contribution in [0.1, 0.15) is 33.1 Å². The summed E-state index contributed by atoms with van der Waals surface area (Å²) in [7, 11) is 0. The number of nitrogens with zero attached hydrogens (tertiary/aromatic N) is 1. The highest BCUT2D eigenvalue weighted by Gasteiger charge is 2.15. The van der Waals surface area contributed by atoms with Gasteiger partial charge in [0.05, 0.1) is 27.6 Å². The molecular formula is C14H16BrClFNO. The second-order valence-corrected chi connectivity index (χ2v) is 6.26. The number of benzene rings is 1. The van der Waals surface area contributed by atoms with E-state index in [2.05, 4.69) is 22.0 Å². The van der Waals surface area contributed by atoms with Crippen molar-refractivity contribution in [1.29, 1.82) is 5.26 Å². The summed E-state index contributed by atoms with van der Waals surface area (Å²) < 4.78 is 19.4. The van der Waals surface area contributed by atoms with Crippen LogP contribution in [-0.4, -0.2) is 6.61 Å². The molecule has 0 aliphatic rings. The zero-order chi connectivity index (χ0) is 14.5. The highest BCUT2D eigenvalue weighted by Crippen LogP contribution is 2.30. The molecule has 0 saturated heterocycles. The third-order valence-electron chi connectivity index (χ3n) is 2.73. The Hall–Kier alpha value is -0.790. The van der Waals surface area contributed by atoms with E-state index >= 15 is 0 Å². The molecule has 0 aliphatic heterocycles. The Morgan fingerprint density at radius 3 is 2.74 bits per heavy atom. The van der Waals surface area contributed by atoms with Gasteiger partial charge in [0.2, 0.25) is 0 Å². The van der Waals surface area contributed by atoms with E-state index in [1.54, 1.807) is 0 Å². The molecule has 0 radical (unpaired) electrons. The lowest BCUT2D eigenvalue weighted by molar-refractivity contribution is 0.292. The van der Waals surface area contributed by atoms with Crippen molar-refractivity contribution < 1.29 is 9.13 Å². The molecule has 19 heavy (non-hydrogen) atoms. The van der Waals surface area contributed by atoms with Crippen molar-refractivity contribution in [1.82, 2.24) is 0 Å². The summed E-state index contributed by atoms with van der Waals surface area (Å²) in [4.78, 5) is 0. The second kappa shape index (κ2) is 7.12. The highest BCUT2D eigenvalue weighted by molar-refractivity contribution is 9.10. The monoisotopic (exact) mass is 347 g/mol. The van der Waals surface area contributed by atoms with Gasteiger partial charge in [-0.2, -0.15) is 5.26 Å². The largest absolute Gasteiger partial charge is 0.492 e. The first-order chi connectivity index (χ1) is 8.85. The fraction of sp³-hybridized carbons (Fsp3) is 0.500. The first kappa shape index (κ1) is 16.3. The molecule has 2 nitrogen and oxygen atoms in total. The van der Waals surface area contributed by atoms with Crippen molar-refractivity contribution in [2.45, 2.75) is 33.1 Å². The fourth-order valence-corrected chi connectivity index (χ4v) is 2.28. The van der Waals surface area contributed by atoms with Crippen molar-refractivity contribution in [3.63, 3.8) is 0 Å². The van der Waals surface area contributed by atoms with Crippen molar-refractivity contribution >= 4 is 27.5 Å². The predicted octanol–water partition coefficient (Wildman–Crippen LogP) is 5.34. The molecule has 0 amide bonds. The summed E-state index contributed by atoms with van der Waals surface area (Å²) in [6.07, 6.45) is 2.54. The molecule has 0 unspecified atom stereocenters. The van der Waals surface area contributed by atoms with Crippen LogP contribution in [0.4, 0.5) is 4.39 Å². The topological polar surface area (TPSA) is 33.0 Å². The number of rotatable bonds is 6. The molecule has 0 bridgehead atoms. The molecule has 0 atom stereocenters. The molecule has 0 saturated carbocycles. The maximum Gasteiger partial charge on any atom is 0.145 e. The Morgan fingerprint density at radius 1 is 1.42 bits per heavy atom. The maximum atomic E-state index is 13.3. The number of nitriles is 1. The van der Waals surface area contributed by atoms with E-state index in [0.29, 0.717) is 16.8 Å². The second-order valence-electron chi connectivity index (χ2n) is 5.00. The molecule has 1 rings (SSSR count). The molecule has 5 heteroatoms. The standard InChI is InChI=1S/C14H16BrClFNO/c1-14(2,9-18)5-3-4-6-19-13-8-12(17)11(16)7-10(13)15/h7-8H,3-6H2,1-2H3. The van der Waals surface area contributed by atoms with Crippen molar-refractivity contribution in [2.75, 3.05) is 6.61 Å². The molecular weight excluding hydrogens is 333 g/mol. The van der Waals surface area contributed by atoms with E-state index in [0.717, 1.165) is 19.3 Å². The van der Waals surface area contributed by atoms with Crippen LogP contribution in [0.2, 0.25) is 5.02 Å². The van der Waals surface area contributed by atoms with Gasteiger partial charge in [-0.15, -0.1) is 0 Å². The lowest BCUT2D eigenvalue weighted by atomic mass is 9.89. The van der Waals surface area contributed by atoms with E-state index in [1.807, 2.05) is 13.8 Å². The lowest BCUT2D eigenvalue weighted by Gasteiger charge is -2.14. The summed E-state index contributed by atoms with van der Waals surface area (Å²) >= 11 is 8.92. The van der Waals surface area contributed by atoms with Crippen LogP contribution >= 0.6 is 27.5 Å². The first-order valence-electron chi connectivity index (χ1n) is 6.04. The molecule has 1 aromatic rings. The average Bonchev–Trinajstić information content (AvgIpc) is 2.35. The van der Waals surface area contributed by atoms with Crippen LogP contribution in [-0.2, 0) is 0 Å². The Morgan fingerprint density at radius 2 is 2.11 bits per heavy atom. The Kier molecular flexibility index (Phi) is 6.09. The molecule has 104 valence electrons. The van der Waals surface area contributed by atoms with Gasteiger partial charge in [0.15, 0.2) is 0 Å². The Balaban J connectivity index is 2.39. The minimum atomic E-state index is -0.495. The third kappa shape index (κ3) is 5.38. The zero-order valence-corrected chi connectivity index (χ0v) is 13.3. The van der Waals surface area contributed by atoms with E-state index in [9.17, 15) is 4.39 Å². The number of unbranched alkanes of at least 4 members (excludes halogenated alkanes) is 1. The van der Waals surface area contributed by atoms with Crippen LogP contribution in [0.3, 0.4) is 0 Å². The molecule has 0 aliphatic carbocycles. The number of ether oxygens (including phenoxy) is 1. The first-order valence-corrected chi connectivity index (χ1v) is 7.21. The van der Waals surface area contributed by atoms with Gasteiger partial charge in [-0.1, -0.05) is 11.6 Å². The van der Waals surface area contributed by atoms with Crippen LogP contribution in [0.15, 0.2) is 16.6 Å². The smallest absolute Gasteiger partial charge is 0.145 e. The molecule has 0 aromatic heterocycles. The molecule has 0 N–H and O–H groups in total. The van der Waals surface area contributed by atoms with Gasteiger partial charge in [0.25, 0.3) is 0 Å². The quantitative estimate of drug-likeness (QED) is 0.513. The van der Waals surface area contributed by atoms with Crippen molar-refractivity contribution in [3.8, 4) is 11.8 Å². The van der Waals surface area contributed by atoms with Crippen LogP contribution < -0.4 is 4.74 Å². The molecule has 0 fully saturated rings. The van der Waals surface area contributed by atoms with Crippen molar-refractivity contribution in [2.24, 2.45) is 5.41 Å². The van der Waals surface area contributed by atoms with E-state index in [1.165, 1.54) is 12.1 Å². The van der Waals surface area contributed by atoms with Crippen LogP contribution in [0, 0.1) is 22.6 Å². The number of halogens is 3. The van der Waals surface area contributed by atoms with Gasteiger partial charge < -0.3 is 4.74 Å². The van der Waals surface area contributed by atoms with Gasteiger partial charge in [-0.25, -0.2) is 4.39 Å². The fourth-order valence-electron chi connectivity index (χ4n) is 1.52. The van der Waals surface area contributed by atoms with Gasteiger partial charge in [-0.3, -0.25) is 0 Å². The summed E-state index contributed by atoms with van der Waals surface area (Å²) in [6.45, 7) is 4.32. The zero-order valence-electron chi connectivity index (χ0n) is 11.0. The SMILES string of the molecule is CC(C)(C#N)CCCCOc1cc(F)c(Cl)cc1Br. The van der Waals surface area contributed by atoms with Gasteiger partial charge in [-0.05, 0) is 55.1 Å². The van der Waals surface area contributed by atoms with Crippen molar-refractivity contribution in [3.05, 3.63) is 27.4 Å². The summed E-state index contributed by atoms with van der Waals surface area (Å²) in [5.74, 6) is -0.0491. The van der Waals surface area contributed by atoms with Crippen LogP contribution in [0.25, 0.3) is 0 Å². The summed E-state index contributed by atoms with van der Waals surface area (Å²) in [6, 6.07) is 5.01. The average molecular weight is 349 g/mol. The summed E-state index contributed by atoms with van der Waals surface area (Å²) in [5.41, 5.74) is -0.299. The Labute approximate surface area is 126 Å². The maximum absolute atomic E-state index is 13.3. The van der Waals surface area contributed by atoms with E-state index in [4.69, 9.17) is 21.6 Å². The number of hydrogen-bond donors (Lipinski definition) is 0. The molecule has 0 heterocycles. The number of hydrogen-bond acceptors (Lipinski definition) is 2. The minimum absolute atomic E-state index is 0.0648.